The second-order valence-electron chi connectivity index (χ2n) is 8.73. The van der Waals surface area contributed by atoms with Gasteiger partial charge in [0, 0.05) is 34.7 Å². The summed E-state index contributed by atoms with van der Waals surface area (Å²) in [6, 6.07) is 19.2. The first kappa shape index (κ1) is 20.9. The first-order valence-electron chi connectivity index (χ1n) is 11.4. The van der Waals surface area contributed by atoms with Crippen molar-refractivity contribution in [2.45, 2.75) is 44.2 Å². The van der Waals surface area contributed by atoms with Gasteiger partial charge in [-0.15, -0.1) is 0 Å². The Labute approximate surface area is 192 Å². The van der Waals surface area contributed by atoms with Crippen molar-refractivity contribution in [1.29, 1.82) is 0 Å². The van der Waals surface area contributed by atoms with Crippen LogP contribution in [0.3, 0.4) is 0 Å². The van der Waals surface area contributed by atoms with Crippen LogP contribution in [0.5, 0.6) is 0 Å². The number of ether oxygens (including phenoxy) is 1. The van der Waals surface area contributed by atoms with E-state index in [-0.39, 0.29) is 17.6 Å². The minimum atomic E-state index is 0.0382. The van der Waals surface area contributed by atoms with Gasteiger partial charge >= 0.3 is 0 Å². The second-order valence-corrected chi connectivity index (χ2v) is 9.64. The average Bonchev–Trinajstić information content (AvgIpc) is 2.82. The van der Waals surface area contributed by atoms with Crippen LogP contribution in [0.25, 0.3) is 10.8 Å². The van der Waals surface area contributed by atoms with Crippen molar-refractivity contribution in [1.82, 2.24) is 9.47 Å². The molecule has 0 amide bonds. The third kappa shape index (κ3) is 4.23. The molecule has 3 aromatic rings. The predicted molar refractivity (Wildman–Crippen MR) is 129 cm³/mol. The topological polar surface area (TPSA) is 34.5 Å². The van der Waals surface area contributed by atoms with E-state index in [1.54, 1.807) is 0 Å². The van der Waals surface area contributed by atoms with Gasteiger partial charge in [0.2, 0.25) is 0 Å². The van der Waals surface area contributed by atoms with Crippen LogP contribution < -0.4 is 5.56 Å². The smallest absolute Gasteiger partial charge is 0.258 e. The maximum atomic E-state index is 13.8. The summed E-state index contributed by atoms with van der Waals surface area (Å²) in [6.07, 6.45) is 5.84. The number of morpholine rings is 1. The summed E-state index contributed by atoms with van der Waals surface area (Å²) in [5.41, 5.74) is 2.51. The fraction of sp³-hybridized carbons (Fsp3) is 0.423. The molecule has 2 fully saturated rings. The molecule has 5 heteroatoms. The van der Waals surface area contributed by atoms with E-state index in [0.717, 1.165) is 60.1 Å². The fourth-order valence-electron chi connectivity index (χ4n) is 5.27. The van der Waals surface area contributed by atoms with Gasteiger partial charge in [0.1, 0.15) is 0 Å². The summed E-state index contributed by atoms with van der Waals surface area (Å²) in [5, 5.41) is 1.86. The van der Waals surface area contributed by atoms with Crippen LogP contribution in [0.4, 0.5) is 0 Å². The van der Waals surface area contributed by atoms with E-state index in [9.17, 15) is 4.79 Å². The highest BCUT2D eigenvalue weighted by Gasteiger charge is 2.30. The Kier molecular flexibility index (Phi) is 6.26. The van der Waals surface area contributed by atoms with Crippen molar-refractivity contribution in [2.24, 2.45) is 0 Å². The molecule has 1 saturated heterocycles. The summed E-state index contributed by atoms with van der Waals surface area (Å²) in [4.78, 5) is 16.3. The van der Waals surface area contributed by atoms with Gasteiger partial charge in [-0.2, -0.15) is 0 Å². The van der Waals surface area contributed by atoms with Crippen LogP contribution in [-0.2, 0) is 4.74 Å². The van der Waals surface area contributed by atoms with Gasteiger partial charge < -0.3 is 9.30 Å². The molecule has 5 rings (SSSR count). The van der Waals surface area contributed by atoms with E-state index in [4.69, 9.17) is 4.74 Å². The highest BCUT2D eigenvalue weighted by atomic mass is 79.9. The van der Waals surface area contributed by atoms with Gasteiger partial charge in [-0.1, -0.05) is 65.5 Å². The quantitative estimate of drug-likeness (QED) is 0.480. The van der Waals surface area contributed by atoms with Crippen molar-refractivity contribution in [3.8, 4) is 0 Å². The van der Waals surface area contributed by atoms with E-state index in [2.05, 4.69) is 61.8 Å². The molecule has 1 atom stereocenters. The van der Waals surface area contributed by atoms with Crippen molar-refractivity contribution in [2.75, 3.05) is 26.3 Å². The number of hydrogen-bond acceptors (Lipinski definition) is 3. The monoisotopic (exact) mass is 480 g/mol. The van der Waals surface area contributed by atoms with Gasteiger partial charge in [-0.3, -0.25) is 9.69 Å². The van der Waals surface area contributed by atoms with E-state index in [1.807, 2.05) is 18.2 Å². The Hall–Kier alpha value is -1.95. The number of benzene rings is 2. The number of fused-ring (bicyclic) bond motifs is 1. The second kappa shape index (κ2) is 9.27. The number of aromatic nitrogens is 1. The van der Waals surface area contributed by atoms with Crippen LogP contribution in [0, 0.1) is 0 Å². The molecule has 1 aromatic heterocycles. The van der Waals surface area contributed by atoms with E-state index in [0.29, 0.717) is 0 Å². The largest absolute Gasteiger partial charge is 0.379 e. The Morgan fingerprint density at radius 1 is 0.935 bits per heavy atom. The molecular weight excluding hydrogens is 452 g/mol. The molecule has 2 heterocycles. The van der Waals surface area contributed by atoms with Crippen molar-refractivity contribution in [3.63, 3.8) is 0 Å². The first-order valence-corrected chi connectivity index (χ1v) is 12.2. The molecule has 0 N–H and O–H groups in total. The molecule has 4 nitrogen and oxygen atoms in total. The van der Waals surface area contributed by atoms with Crippen LogP contribution in [0.2, 0.25) is 0 Å². The summed E-state index contributed by atoms with van der Waals surface area (Å²) >= 11 is 3.58. The van der Waals surface area contributed by atoms with Crippen LogP contribution >= 0.6 is 15.9 Å². The lowest BCUT2D eigenvalue weighted by Gasteiger charge is -2.38. The molecule has 2 aromatic carbocycles. The predicted octanol–water partition coefficient (Wildman–Crippen LogP) is 5.69. The number of pyridine rings is 1. The molecule has 1 aliphatic heterocycles. The lowest BCUT2D eigenvalue weighted by molar-refractivity contribution is 0.0220. The van der Waals surface area contributed by atoms with Crippen molar-refractivity contribution >= 4 is 26.7 Å². The van der Waals surface area contributed by atoms with Gasteiger partial charge in [0.05, 0.1) is 19.3 Å². The minimum Gasteiger partial charge on any atom is -0.379 e. The Morgan fingerprint density at radius 2 is 1.65 bits per heavy atom. The summed E-state index contributed by atoms with van der Waals surface area (Å²) in [5.74, 6) is 0. The molecule has 1 saturated carbocycles. The van der Waals surface area contributed by atoms with Gasteiger partial charge in [0.25, 0.3) is 5.56 Å². The zero-order valence-electron chi connectivity index (χ0n) is 17.8. The molecule has 162 valence electrons. The molecule has 1 aliphatic carbocycles. The lowest BCUT2D eigenvalue weighted by atomic mass is 9.92. The molecule has 1 unspecified atom stereocenters. The SMILES string of the molecule is O=c1c2ccccc2cc(C(c2ccc(Br)cc2)N2CCOCC2)n1C1CCCCC1. The molecular formula is C26H29BrN2O2. The molecule has 0 bridgehead atoms. The third-order valence-corrected chi connectivity index (χ3v) is 7.34. The molecule has 0 radical (unpaired) electrons. The van der Waals surface area contributed by atoms with Crippen LogP contribution in [0.1, 0.15) is 55.4 Å². The summed E-state index contributed by atoms with van der Waals surface area (Å²) in [6.45, 7) is 3.20. The van der Waals surface area contributed by atoms with E-state index < -0.39 is 0 Å². The molecule has 0 spiro atoms. The van der Waals surface area contributed by atoms with Gasteiger partial charge in [0.15, 0.2) is 0 Å². The normalized spacial score (nSPS) is 19.5. The van der Waals surface area contributed by atoms with Crippen LogP contribution in [0.15, 0.2) is 63.9 Å². The maximum Gasteiger partial charge on any atom is 0.258 e. The molecule has 31 heavy (non-hydrogen) atoms. The zero-order chi connectivity index (χ0) is 21.2. The Bertz CT molecular complexity index is 1100. The highest BCUT2D eigenvalue weighted by molar-refractivity contribution is 9.10. The average molecular weight is 481 g/mol. The van der Waals surface area contributed by atoms with Crippen molar-refractivity contribution in [3.05, 3.63) is 80.7 Å². The number of rotatable bonds is 4. The number of nitrogens with zero attached hydrogens (tertiary/aromatic N) is 2. The summed E-state index contributed by atoms with van der Waals surface area (Å²) in [7, 11) is 0. The first-order chi connectivity index (χ1) is 15.2. The van der Waals surface area contributed by atoms with Gasteiger partial charge in [-0.25, -0.2) is 0 Å². The number of halogens is 1. The minimum absolute atomic E-state index is 0.0382. The Balaban J connectivity index is 1.73. The lowest BCUT2D eigenvalue weighted by Crippen LogP contribution is -2.42. The maximum absolute atomic E-state index is 13.8. The Morgan fingerprint density at radius 3 is 2.39 bits per heavy atom. The van der Waals surface area contributed by atoms with Gasteiger partial charge in [-0.05, 0) is 48.1 Å². The fourth-order valence-corrected chi connectivity index (χ4v) is 5.53. The standard InChI is InChI=1S/C26H29BrN2O2/c27-21-12-10-19(11-13-21)25(28-14-16-31-17-15-28)24-18-20-6-4-5-9-23(20)26(30)29(24)22-7-2-1-3-8-22/h4-6,9-13,18,22,25H,1-3,7-8,14-17H2. The van der Waals surface area contributed by atoms with E-state index in [1.165, 1.54) is 24.8 Å². The zero-order valence-corrected chi connectivity index (χ0v) is 19.4. The number of hydrogen-bond donors (Lipinski definition) is 0. The van der Waals surface area contributed by atoms with Crippen LogP contribution in [-0.4, -0.2) is 35.8 Å². The third-order valence-electron chi connectivity index (χ3n) is 6.81. The molecule has 2 aliphatic rings. The highest BCUT2D eigenvalue weighted by Crippen LogP contribution is 2.36. The van der Waals surface area contributed by atoms with E-state index >= 15 is 0 Å². The van der Waals surface area contributed by atoms with Crippen molar-refractivity contribution < 1.29 is 4.74 Å². The summed E-state index contributed by atoms with van der Waals surface area (Å²) < 4.78 is 8.89.